The third kappa shape index (κ3) is 16.7. The number of amides is 4. The van der Waals surface area contributed by atoms with Crippen molar-refractivity contribution in [3.05, 3.63) is 0 Å². The van der Waals surface area contributed by atoms with Crippen LogP contribution in [0.15, 0.2) is 0 Å². The second kappa shape index (κ2) is 22.7. The number of carbonyl (C=O) groups excluding carboxylic acids is 7. The number of ketones is 3. The highest BCUT2D eigenvalue weighted by atomic mass is 32.2. The SMILES string of the molecule is CC(C)C(=O)CCCN1C(=O)CC(C(C)C)C1=O.CC(C)C(=O)CCN1C(=O)CC(C(C)C)C1=O.CC(C)SC(C)CC(C(=O)C(C)C)S(=O)(=O)O. The number of likely N-dealkylation sites (tertiary alicyclic amines) is 2. The van der Waals surface area contributed by atoms with Crippen molar-refractivity contribution in [3.63, 3.8) is 0 Å². The molecule has 4 unspecified atom stereocenters. The Kier molecular flexibility index (Phi) is 21.6. The summed E-state index contributed by atoms with van der Waals surface area (Å²) in [6, 6.07) is 0. The van der Waals surface area contributed by atoms with E-state index in [9.17, 15) is 42.0 Å². The van der Waals surface area contributed by atoms with E-state index in [1.807, 2.05) is 76.2 Å². The van der Waals surface area contributed by atoms with E-state index in [1.54, 1.807) is 25.6 Å². The Morgan fingerprint density at radius 1 is 0.673 bits per heavy atom. The Labute approximate surface area is 317 Å². The average molecular weight is 775 g/mol. The van der Waals surface area contributed by atoms with E-state index in [0.717, 1.165) is 0 Å². The largest absolute Gasteiger partial charge is 0.299 e. The lowest BCUT2D eigenvalue weighted by Crippen LogP contribution is -2.35. The molecule has 2 aliphatic rings. The lowest BCUT2D eigenvalue weighted by atomic mass is 9.94. The van der Waals surface area contributed by atoms with Gasteiger partial charge in [0.05, 0.1) is 0 Å². The minimum Gasteiger partial charge on any atom is -0.299 e. The van der Waals surface area contributed by atoms with Gasteiger partial charge in [-0.1, -0.05) is 90.0 Å². The fourth-order valence-electron chi connectivity index (χ4n) is 5.72. The van der Waals surface area contributed by atoms with Crippen molar-refractivity contribution in [3.8, 4) is 0 Å². The van der Waals surface area contributed by atoms with Gasteiger partial charge < -0.3 is 0 Å². The maximum atomic E-state index is 12.0. The van der Waals surface area contributed by atoms with Crippen LogP contribution in [0.4, 0.5) is 0 Å². The molecule has 2 fully saturated rings. The van der Waals surface area contributed by atoms with Gasteiger partial charge in [0.2, 0.25) is 23.6 Å². The van der Waals surface area contributed by atoms with Gasteiger partial charge in [-0.3, -0.25) is 47.9 Å². The summed E-state index contributed by atoms with van der Waals surface area (Å²) in [5.41, 5.74) is 0. The minimum atomic E-state index is -4.30. The van der Waals surface area contributed by atoms with Crippen LogP contribution in [0, 0.1) is 41.4 Å². The van der Waals surface area contributed by atoms with Crippen LogP contribution in [0.2, 0.25) is 0 Å². The van der Waals surface area contributed by atoms with Gasteiger partial charge in [-0.15, -0.1) is 0 Å². The molecule has 4 amide bonds. The van der Waals surface area contributed by atoms with Gasteiger partial charge in [0, 0.05) is 73.6 Å². The monoisotopic (exact) mass is 774 g/mol. The fraction of sp³-hybridized carbons (Fsp3) is 0.816. The molecule has 14 heteroatoms. The zero-order valence-electron chi connectivity index (χ0n) is 33.8. The number of carbonyl (C=O) groups is 7. The number of hydrogen-bond acceptors (Lipinski definition) is 10. The van der Waals surface area contributed by atoms with E-state index in [2.05, 4.69) is 0 Å². The fourth-order valence-corrected chi connectivity index (χ4v) is 8.17. The summed E-state index contributed by atoms with van der Waals surface area (Å²) in [4.78, 5) is 84.6. The van der Waals surface area contributed by atoms with Gasteiger partial charge in [-0.2, -0.15) is 20.2 Å². The molecule has 12 nitrogen and oxygen atoms in total. The molecule has 2 aliphatic heterocycles. The summed E-state index contributed by atoms with van der Waals surface area (Å²) in [5.74, 6) is -0.914. The third-order valence-electron chi connectivity index (χ3n) is 9.14. The van der Waals surface area contributed by atoms with Gasteiger partial charge in [0.1, 0.15) is 16.8 Å². The molecule has 300 valence electrons. The highest BCUT2D eigenvalue weighted by Gasteiger charge is 2.41. The summed E-state index contributed by atoms with van der Waals surface area (Å²) in [6.07, 6.45) is 2.10. The summed E-state index contributed by atoms with van der Waals surface area (Å²) < 4.78 is 31.6. The smallest absolute Gasteiger partial charge is 0.275 e. The topological polar surface area (TPSA) is 180 Å². The van der Waals surface area contributed by atoms with E-state index in [0.29, 0.717) is 37.5 Å². The molecular weight excluding hydrogens is 709 g/mol. The van der Waals surface area contributed by atoms with Crippen LogP contribution >= 0.6 is 11.8 Å². The molecule has 2 rings (SSSR count). The van der Waals surface area contributed by atoms with Crippen molar-refractivity contribution < 1.29 is 46.5 Å². The Morgan fingerprint density at radius 3 is 1.40 bits per heavy atom. The van der Waals surface area contributed by atoms with Gasteiger partial charge in [0.15, 0.2) is 5.78 Å². The number of Topliss-reactive ketones (excluding diaryl/α,β-unsaturated/α-hetero) is 3. The minimum absolute atomic E-state index is 0.0182. The molecule has 0 aromatic heterocycles. The van der Waals surface area contributed by atoms with E-state index in [1.165, 1.54) is 9.80 Å². The van der Waals surface area contributed by atoms with Gasteiger partial charge in [-0.05, 0) is 29.9 Å². The average Bonchev–Trinajstić information content (AvgIpc) is 3.46. The summed E-state index contributed by atoms with van der Waals surface area (Å²) >= 11 is 1.60. The van der Waals surface area contributed by atoms with Crippen LogP contribution in [-0.4, -0.2) is 92.6 Å². The predicted molar refractivity (Wildman–Crippen MR) is 205 cm³/mol. The molecule has 1 N–H and O–H groups in total. The first-order valence-electron chi connectivity index (χ1n) is 18.6. The molecule has 0 saturated carbocycles. The Bertz CT molecular complexity index is 1350. The molecule has 2 heterocycles. The van der Waals surface area contributed by atoms with Crippen molar-refractivity contribution in [2.24, 2.45) is 41.4 Å². The molecule has 2 saturated heterocycles. The maximum absolute atomic E-state index is 12.0. The molecule has 52 heavy (non-hydrogen) atoms. The van der Waals surface area contributed by atoms with Crippen molar-refractivity contribution in [1.29, 1.82) is 0 Å². The summed E-state index contributed by atoms with van der Waals surface area (Å²) in [5, 5.41) is -0.908. The summed E-state index contributed by atoms with van der Waals surface area (Å²) in [6.45, 7) is 25.0. The number of nitrogens with zero attached hydrogens (tertiary/aromatic N) is 2. The quantitative estimate of drug-likeness (QED) is 0.127. The Hall–Kier alpha value is -2.45. The number of imide groups is 2. The molecule has 0 aromatic rings. The van der Waals surface area contributed by atoms with Crippen LogP contribution < -0.4 is 0 Å². The Morgan fingerprint density at radius 2 is 1.08 bits per heavy atom. The van der Waals surface area contributed by atoms with E-state index in [-0.39, 0.29) is 95.3 Å². The van der Waals surface area contributed by atoms with Crippen LogP contribution in [0.1, 0.15) is 129 Å². The summed E-state index contributed by atoms with van der Waals surface area (Å²) in [7, 11) is -4.30. The molecule has 0 bridgehead atoms. The Balaban J connectivity index is 0.000000751. The van der Waals surface area contributed by atoms with E-state index < -0.39 is 27.1 Å². The highest BCUT2D eigenvalue weighted by Crippen LogP contribution is 2.28. The number of thioether (sulfide) groups is 1. The van der Waals surface area contributed by atoms with Crippen LogP contribution in [0.25, 0.3) is 0 Å². The van der Waals surface area contributed by atoms with Crippen LogP contribution in [0.5, 0.6) is 0 Å². The second-order valence-electron chi connectivity index (χ2n) is 15.8. The van der Waals surface area contributed by atoms with E-state index >= 15 is 0 Å². The molecule has 0 aliphatic carbocycles. The maximum Gasteiger partial charge on any atom is 0.275 e. The van der Waals surface area contributed by atoms with Gasteiger partial charge in [0.25, 0.3) is 10.1 Å². The standard InChI is InChI=1S/C14H23NO3.C13H21NO3.C11H22O4S2/c1-9(2)11-8-13(17)15(14(11)18)7-5-6-12(16)10(3)4;1-8(2)10-7-12(16)14(13(10)17)6-5-11(15)9(3)4;1-7(2)11(12)10(17(13,14)15)6-9(5)16-8(3)4/h9-11H,5-8H2,1-4H3;8-10H,5-7H2,1-4H3;7-10H,6H2,1-5H3,(H,13,14,15). The first-order valence-corrected chi connectivity index (χ1v) is 21.1. The number of rotatable bonds is 18. The molecule has 0 radical (unpaired) electrons. The first-order chi connectivity index (χ1) is 23.7. The van der Waals surface area contributed by atoms with Crippen molar-refractivity contribution in [1.82, 2.24) is 9.80 Å². The normalized spacial score (nSPS) is 19.2. The van der Waals surface area contributed by atoms with Crippen molar-refractivity contribution >= 4 is 62.9 Å². The second-order valence-corrected chi connectivity index (χ2v) is 19.4. The van der Waals surface area contributed by atoms with Gasteiger partial charge in [-0.25, -0.2) is 0 Å². The highest BCUT2D eigenvalue weighted by molar-refractivity contribution is 8.00. The van der Waals surface area contributed by atoms with Crippen molar-refractivity contribution in [2.45, 2.75) is 144 Å². The van der Waals surface area contributed by atoms with Crippen molar-refractivity contribution in [2.75, 3.05) is 13.1 Å². The first kappa shape index (κ1) is 49.6. The molecule has 0 spiro atoms. The lowest BCUT2D eigenvalue weighted by Gasteiger charge is -2.20. The molecular formula is C38H66N2O10S2. The zero-order chi connectivity index (χ0) is 40.8. The third-order valence-corrected chi connectivity index (χ3v) is 11.5. The van der Waals surface area contributed by atoms with Crippen LogP contribution in [0.3, 0.4) is 0 Å². The number of hydrogen-bond donors (Lipinski definition) is 1. The lowest BCUT2D eigenvalue weighted by molar-refractivity contribution is -0.141. The van der Waals surface area contributed by atoms with E-state index in [4.69, 9.17) is 4.55 Å². The zero-order valence-corrected chi connectivity index (χ0v) is 35.4. The predicted octanol–water partition coefficient (Wildman–Crippen LogP) is 6.04. The van der Waals surface area contributed by atoms with Crippen LogP contribution in [-0.2, 0) is 43.7 Å². The van der Waals surface area contributed by atoms with Gasteiger partial charge >= 0.3 is 0 Å². The molecule has 0 aromatic carbocycles. The molecule has 4 atom stereocenters.